The first-order valence-corrected chi connectivity index (χ1v) is 11.5. The third kappa shape index (κ3) is 5.88. The Bertz CT molecular complexity index is 479. The van der Waals surface area contributed by atoms with E-state index < -0.39 is 6.17 Å². The Morgan fingerprint density at radius 1 is 1.11 bits per heavy atom. The molecule has 0 bridgehead atoms. The zero-order valence-electron chi connectivity index (χ0n) is 18.7. The summed E-state index contributed by atoms with van der Waals surface area (Å²) in [5.74, 6) is 0.180. The van der Waals surface area contributed by atoms with Crippen molar-refractivity contribution in [3.63, 3.8) is 0 Å². The van der Waals surface area contributed by atoms with E-state index in [4.69, 9.17) is 4.74 Å². The van der Waals surface area contributed by atoms with Crippen LogP contribution in [-0.4, -0.2) is 92.1 Å². The maximum absolute atomic E-state index is 14.4. The average molecular weight is 399 g/mol. The molecule has 28 heavy (non-hydrogen) atoms. The molecule has 0 aromatic heterocycles. The second kappa shape index (κ2) is 10.2. The zero-order chi connectivity index (χ0) is 20.3. The van der Waals surface area contributed by atoms with Crippen molar-refractivity contribution >= 4 is 0 Å². The molecule has 0 aromatic rings. The summed E-state index contributed by atoms with van der Waals surface area (Å²) in [4.78, 5) is 4.85. The standard InChI is InChI=1S/C22H43FN4O/c1-15(2)27-12-18(22(23)14-27)8-16(3)25-20-10-19(24-11-20)9-17(4)26-7-6-21(13-26)28-5/h15-22,24-25H,6-14H2,1-5H3. The van der Waals surface area contributed by atoms with Crippen LogP contribution in [0.4, 0.5) is 4.39 Å². The highest BCUT2D eigenvalue weighted by Crippen LogP contribution is 2.26. The molecule has 3 saturated heterocycles. The van der Waals surface area contributed by atoms with Crippen molar-refractivity contribution in [2.45, 2.75) is 95.9 Å². The summed E-state index contributed by atoms with van der Waals surface area (Å²) >= 11 is 0. The van der Waals surface area contributed by atoms with Crippen LogP contribution in [0.15, 0.2) is 0 Å². The van der Waals surface area contributed by atoms with Gasteiger partial charge in [-0.3, -0.25) is 9.80 Å². The number of hydrogen-bond donors (Lipinski definition) is 2. The van der Waals surface area contributed by atoms with Gasteiger partial charge in [0.05, 0.1) is 6.10 Å². The van der Waals surface area contributed by atoms with Crippen molar-refractivity contribution in [3.8, 4) is 0 Å². The minimum absolute atomic E-state index is 0.180. The number of ether oxygens (including phenoxy) is 1. The van der Waals surface area contributed by atoms with Crippen LogP contribution < -0.4 is 10.6 Å². The van der Waals surface area contributed by atoms with Gasteiger partial charge in [0.2, 0.25) is 0 Å². The highest BCUT2D eigenvalue weighted by molar-refractivity contribution is 4.93. The third-order valence-electron chi connectivity index (χ3n) is 7.28. The molecule has 7 atom stereocenters. The molecule has 3 aliphatic heterocycles. The summed E-state index contributed by atoms with van der Waals surface area (Å²) in [5.41, 5.74) is 0. The van der Waals surface area contributed by atoms with E-state index in [1.54, 1.807) is 0 Å². The Balaban J connectivity index is 1.36. The van der Waals surface area contributed by atoms with Crippen molar-refractivity contribution in [2.75, 3.05) is 39.8 Å². The molecule has 7 unspecified atom stereocenters. The fourth-order valence-electron chi connectivity index (χ4n) is 5.46. The molecule has 0 aromatic carbocycles. The van der Waals surface area contributed by atoms with Crippen LogP contribution in [0.5, 0.6) is 0 Å². The molecule has 0 radical (unpaired) electrons. The predicted octanol–water partition coefficient (Wildman–Crippen LogP) is 2.26. The first-order chi connectivity index (χ1) is 13.4. The number of alkyl halides is 1. The molecule has 3 fully saturated rings. The van der Waals surface area contributed by atoms with Crippen LogP contribution in [0.2, 0.25) is 0 Å². The monoisotopic (exact) mass is 398 g/mol. The van der Waals surface area contributed by atoms with Crippen molar-refractivity contribution in [3.05, 3.63) is 0 Å². The van der Waals surface area contributed by atoms with Gasteiger partial charge in [0.1, 0.15) is 6.17 Å². The fraction of sp³-hybridized carbons (Fsp3) is 1.00. The van der Waals surface area contributed by atoms with Gasteiger partial charge in [-0.15, -0.1) is 0 Å². The third-order valence-corrected chi connectivity index (χ3v) is 7.28. The normalized spacial score (nSPS) is 37.2. The molecule has 0 aliphatic carbocycles. The molecular formula is C22H43FN4O. The second-order valence-corrected chi connectivity index (χ2v) is 9.89. The summed E-state index contributed by atoms with van der Waals surface area (Å²) in [7, 11) is 1.83. The zero-order valence-corrected chi connectivity index (χ0v) is 18.7. The topological polar surface area (TPSA) is 39.8 Å². The summed E-state index contributed by atoms with van der Waals surface area (Å²) in [6.45, 7) is 13.7. The lowest BCUT2D eigenvalue weighted by atomic mass is 9.97. The number of likely N-dealkylation sites (tertiary alicyclic amines) is 2. The van der Waals surface area contributed by atoms with Crippen molar-refractivity contribution in [1.29, 1.82) is 0 Å². The molecule has 5 nitrogen and oxygen atoms in total. The Morgan fingerprint density at radius 2 is 1.89 bits per heavy atom. The van der Waals surface area contributed by atoms with Gasteiger partial charge in [-0.05, 0) is 53.4 Å². The van der Waals surface area contributed by atoms with E-state index in [9.17, 15) is 4.39 Å². The van der Waals surface area contributed by atoms with Gasteiger partial charge in [-0.2, -0.15) is 0 Å². The maximum atomic E-state index is 14.4. The van der Waals surface area contributed by atoms with E-state index in [0.29, 0.717) is 42.9 Å². The van der Waals surface area contributed by atoms with Gasteiger partial charge < -0.3 is 15.4 Å². The van der Waals surface area contributed by atoms with Crippen LogP contribution in [0, 0.1) is 5.92 Å². The van der Waals surface area contributed by atoms with E-state index >= 15 is 0 Å². The second-order valence-electron chi connectivity index (χ2n) is 9.89. The van der Waals surface area contributed by atoms with Crippen LogP contribution in [0.3, 0.4) is 0 Å². The molecule has 3 aliphatic rings. The molecule has 6 heteroatoms. The Hall–Kier alpha value is -0.270. The van der Waals surface area contributed by atoms with Crippen LogP contribution >= 0.6 is 0 Å². The first-order valence-electron chi connectivity index (χ1n) is 11.5. The lowest BCUT2D eigenvalue weighted by Gasteiger charge is -2.27. The molecular weight excluding hydrogens is 355 g/mol. The molecule has 0 saturated carbocycles. The van der Waals surface area contributed by atoms with Crippen molar-refractivity contribution in [2.24, 2.45) is 5.92 Å². The van der Waals surface area contributed by atoms with E-state index in [0.717, 1.165) is 39.0 Å². The first kappa shape index (κ1) is 22.4. The smallest absolute Gasteiger partial charge is 0.117 e. The van der Waals surface area contributed by atoms with Gasteiger partial charge in [-0.1, -0.05) is 0 Å². The predicted molar refractivity (Wildman–Crippen MR) is 114 cm³/mol. The highest BCUT2D eigenvalue weighted by atomic mass is 19.1. The quantitative estimate of drug-likeness (QED) is 0.623. The summed E-state index contributed by atoms with van der Waals surface area (Å²) in [6.07, 6.45) is 4.22. The summed E-state index contributed by atoms with van der Waals surface area (Å²) in [6, 6.07) is 2.51. The molecule has 2 N–H and O–H groups in total. The number of nitrogens with zero attached hydrogens (tertiary/aromatic N) is 2. The van der Waals surface area contributed by atoms with Crippen molar-refractivity contribution < 1.29 is 9.13 Å². The number of hydrogen-bond acceptors (Lipinski definition) is 5. The molecule has 3 heterocycles. The molecule has 3 rings (SSSR count). The van der Waals surface area contributed by atoms with E-state index in [-0.39, 0.29) is 5.92 Å². The SMILES string of the molecule is COC1CCN(C(C)CC2CC(NC(C)CC3CN(C(C)C)CC3F)CN2)C1. The van der Waals surface area contributed by atoms with E-state index in [1.807, 2.05) is 7.11 Å². The largest absolute Gasteiger partial charge is 0.380 e. The minimum Gasteiger partial charge on any atom is -0.380 e. The molecule has 0 spiro atoms. The van der Waals surface area contributed by atoms with Gasteiger partial charge >= 0.3 is 0 Å². The fourth-order valence-corrected chi connectivity index (χ4v) is 5.46. The van der Waals surface area contributed by atoms with Gasteiger partial charge in [0.25, 0.3) is 0 Å². The van der Waals surface area contributed by atoms with Crippen molar-refractivity contribution in [1.82, 2.24) is 20.4 Å². The minimum atomic E-state index is -0.668. The number of methoxy groups -OCH3 is 1. The number of halogens is 1. The molecule has 164 valence electrons. The van der Waals surface area contributed by atoms with E-state index in [2.05, 4.69) is 48.1 Å². The Morgan fingerprint density at radius 3 is 2.54 bits per heavy atom. The van der Waals surface area contributed by atoms with Crippen LogP contribution in [0.1, 0.15) is 53.4 Å². The number of rotatable bonds is 9. The highest BCUT2D eigenvalue weighted by Gasteiger charge is 2.36. The Labute approximate surface area is 171 Å². The Kier molecular flexibility index (Phi) is 8.14. The number of nitrogens with one attached hydrogen (secondary N) is 2. The van der Waals surface area contributed by atoms with E-state index in [1.165, 1.54) is 12.8 Å². The van der Waals surface area contributed by atoms with Gasteiger partial charge in [0.15, 0.2) is 0 Å². The molecule has 0 amide bonds. The van der Waals surface area contributed by atoms with Crippen LogP contribution in [-0.2, 0) is 4.74 Å². The summed E-state index contributed by atoms with van der Waals surface area (Å²) in [5, 5.41) is 7.49. The summed E-state index contributed by atoms with van der Waals surface area (Å²) < 4.78 is 19.9. The average Bonchev–Trinajstić information content (AvgIpc) is 3.36. The van der Waals surface area contributed by atoms with Gasteiger partial charge in [0, 0.05) is 76.0 Å². The van der Waals surface area contributed by atoms with Gasteiger partial charge in [-0.25, -0.2) is 4.39 Å². The maximum Gasteiger partial charge on any atom is 0.117 e. The lowest BCUT2D eigenvalue weighted by molar-refractivity contribution is 0.100. The lowest BCUT2D eigenvalue weighted by Crippen LogP contribution is -2.40. The van der Waals surface area contributed by atoms with Crippen LogP contribution in [0.25, 0.3) is 0 Å².